The fourth-order valence-electron chi connectivity index (χ4n) is 12.9. The van der Waals surface area contributed by atoms with E-state index in [1.54, 1.807) is 102 Å². The summed E-state index contributed by atoms with van der Waals surface area (Å²) in [7, 11) is -7.32. The second-order valence-electron chi connectivity index (χ2n) is 31.9. The standard InChI is InChI=1S/C84H134N14O24P2/c1-15-56(7)73-78(105)91-61(12)82(109)121-74(57(8)16-2)59(10)67(44-39-58(9)81(108)119-68(50-54(3)4)76(103)90-60(11)79(106)98(14)66(51-62-34-25-23-26-35-62)80(107)97(13)52-70(100)95-73)120-84(111)88-45-29-20-18-22-32-49-118-124(114,115)122-123(112,113)117-48-31-21-17-19-28-38-71(101)116-53-63-40-42-64(43-41-63)92-75(102)65(36-33-46-87-83(85)110)93-77(104)72(55(5)6)94-69(99)37-27-24-30-47-89-96-86/h16,23,25-26,34-35,39-43,54-56,59-61,65-68,72-74H,15,17-22,24,27-33,36-38,44-53H2,1-14H3,(H,88,111)(H,90,103)(H,91,105)(H,92,102)(H,93,104)(H,94,99)(H,95,100)(H,112,113)(H,114,115)(H3,85,87,110)/b57-16+,58-39+/t56?,59-,60-,61+,65+,66+,67-,68+,72+,73-,74?/m0/s1. The highest BCUT2D eigenvalue weighted by Crippen LogP contribution is 2.60. The molecule has 4 unspecified atom stereocenters. The number of hydrogen-bond acceptors (Lipinski definition) is 23. The van der Waals surface area contributed by atoms with Crippen LogP contribution in [-0.4, -0.2) is 205 Å². The van der Waals surface area contributed by atoms with E-state index in [-0.39, 0.29) is 114 Å². The van der Waals surface area contributed by atoms with Crippen LogP contribution >= 0.6 is 15.6 Å². The monoisotopic (exact) mass is 1780 g/mol. The van der Waals surface area contributed by atoms with Gasteiger partial charge in [-0.3, -0.25) is 52.2 Å². The molecule has 1 aliphatic heterocycles. The van der Waals surface area contributed by atoms with Crippen molar-refractivity contribution in [3.63, 3.8) is 0 Å². The number of nitrogens with zero attached hydrogens (tertiary/aromatic N) is 5. The third kappa shape index (κ3) is 42.7. The van der Waals surface area contributed by atoms with E-state index in [4.69, 9.17) is 39.3 Å². The molecule has 1 heterocycles. The van der Waals surface area contributed by atoms with Gasteiger partial charge in [-0.05, 0) is 145 Å². The number of primary amides is 1. The van der Waals surface area contributed by atoms with Gasteiger partial charge in [-0.2, -0.15) is 4.31 Å². The average Bonchev–Trinajstić information content (AvgIpc) is 0.839. The predicted molar refractivity (Wildman–Crippen MR) is 462 cm³/mol. The third-order valence-electron chi connectivity index (χ3n) is 20.6. The molecule has 3 rings (SSSR count). The molecule has 0 radical (unpaired) electrons. The Labute approximate surface area is 727 Å². The molecule has 2 aromatic carbocycles. The smallest absolute Gasteiger partial charge is 0.461 e. The first kappa shape index (κ1) is 108. The number of anilines is 1. The number of azide groups is 1. The van der Waals surface area contributed by atoms with Crippen LogP contribution in [0.25, 0.3) is 10.4 Å². The van der Waals surface area contributed by atoms with Crippen LogP contribution in [0.2, 0.25) is 0 Å². The summed E-state index contributed by atoms with van der Waals surface area (Å²) in [5.74, 6) is -9.10. The van der Waals surface area contributed by atoms with E-state index in [9.17, 15) is 81.2 Å². The molecule has 0 saturated heterocycles. The maximum absolute atomic E-state index is 14.4. The number of allylic oxidation sites excluding steroid dienone is 1. The van der Waals surface area contributed by atoms with Gasteiger partial charge < -0.3 is 86.8 Å². The fourth-order valence-corrected chi connectivity index (χ4v) is 15.1. The van der Waals surface area contributed by atoms with Crippen LogP contribution in [0, 0.1) is 23.7 Å². The van der Waals surface area contributed by atoms with E-state index in [0.29, 0.717) is 106 Å². The fraction of sp³-hybridized carbons (Fsp3) is 0.655. The molecule has 0 aromatic heterocycles. The molecule has 13 atom stereocenters. The number of amides is 11. The Morgan fingerprint density at radius 3 is 1.93 bits per heavy atom. The van der Waals surface area contributed by atoms with Crippen molar-refractivity contribution in [2.24, 2.45) is 34.5 Å². The molecule has 40 heteroatoms. The molecule has 11 amide bonds. The minimum absolute atomic E-state index is 0.0135. The van der Waals surface area contributed by atoms with Gasteiger partial charge in [-0.15, -0.1) is 0 Å². The molecule has 0 fully saturated rings. The van der Waals surface area contributed by atoms with Crippen LogP contribution in [0.4, 0.5) is 15.3 Å². The SMILES string of the molecule is C/C=C(\C)C1OC(=O)[C@@H](C)NC(=O)[C@H](C(C)CC)NC(=O)CN(C)C(=O)[C@@H](Cc2ccccc2)N(C)C(=O)[C@H](C)NC(=O)[C@@H](CC(C)C)OC(=O)/C(C)=C/C[C@H](OC(=O)NCCCCCCCOP(=O)(O)OP(=O)(O)OCCCCCCCC(=O)OCc2ccc(NC(=O)[C@@H](CCCNC(N)=O)NC(=O)[C@H](NC(=O)CCCCCN=[N+]=[N-])C(C)C)cc2)[C@@H]1C. The van der Waals surface area contributed by atoms with E-state index in [2.05, 4.69) is 56.9 Å². The van der Waals surface area contributed by atoms with E-state index in [0.717, 1.165) is 4.90 Å². The lowest BCUT2D eigenvalue weighted by atomic mass is 9.90. The molecular formula is C84H134N14O24P2. The summed E-state index contributed by atoms with van der Waals surface area (Å²) >= 11 is 0. The Kier molecular flexibility index (Phi) is 50.4. The molecule has 124 heavy (non-hydrogen) atoms. The summed E-state index contributed by atoms with van der Waals surface area (Å²) in [4.78, 5) is 202. The maximum Gasteiger partial charge on any atom is 0.481 e. The number of carbonyl (C=O) groups excluding carboxylic acids is 13. The summed E-state index contributed by atoms with van der Waals surface area (Å²) in [5, 5.41) is 25.0. The van der Waals surface area contributed by atoms with E-state index in [1.165, 1.54) is 45.8 Å². The van der Waals surface area contributed by atoms with Crippen LogP contribution in [0.5, 0.6) is 0 Å². The second kappa shape index (κ2) is 57.7. The highest BCUT2D eigenvalue weighted by atomic mass is 31.3. The number of hydrogen-bond donors (Lipinski definition) is 11. The van der Waals surface area contributed by atoms with Crippen LogP contribution in [0.15, 0.2) is 83.0 Å². The number of phosphoric acid groups is 2. The van der Waals surface area contributed by atoms with Gasteiger partial charge in [-0.25, -0.2) is 28.3 Å². The van der Waals surface area contributed by atoms with Crippen molar-refractivity contribution in [2.45, 2.75) is 279 Å². The normalized spacial score (nSPS) is 21.1. The zero-order valence-corrected chi connectivity index (χ0v) is 76.0. The number of esters is 3. The van der Waals surface area contributed by atoms with Crippen molar-refractivity contribution >= 4 is 98.6 Å². The second-order valence-corrected chi connectivity index (χ2v) is 34.9. The largest absolute Gasteiger partial charge is 0.481 e. The van der Waals surface area contributed by atoms with Gasteiger partial charge in [0.25, 0.3) is 5.91 Å². The van der Waals surface area contributed by atoms with Gasteiger partial charge in [0.1, 0.15) is 55.1 Å². The number of carbonyl (C=O) groups is 13. The molecule has 12 N–H and O–H groups in total. The van der Waals surface area contributed by atoms with Crippen LogP contribution < -0.4 is 48.3 Å². The van der Waals surface area contributed by atoms with Crippen molar-refractivity contribution in [3.8, 4) is 0 Å². The van der Waals surface area contributed by atoms with Crippen LogP contribution in [-0.2, 0) is 107 Å². The molecule has 0 aliphatic carbocycles. The molecule has 0 saturated carbocycles. The van der Waals surface area contributed by atoms with Crippen LogP contribution in [0.3, 0.4) is 0 Å². The summed E-state index contributed by atoms with van der Waals surface area (Å²) in [6.07, 6.45) is 6.14. The number of likely N-dealkylation sites (N-methyl/N-ethyl adjacent to an activating group) is 2. The molecule has 1 aliphatic rings. The zero-order chi connectivity index (χ0) is 92.7. The number of ether oxygens (including phenoxy) is 4. The molecule has 2 aromatic rings. The third-order valence-corrected chi connectivity index (χ3v) is 23.3. The number of rotatable bonds is 46. The molecule has 694 valence electrons. The van der Waals surface area contributed by atoms with E-state index in [1.807, 2.05) is 20.8 Å². The number of unbranched alkanes of at least 4 members (excludes halogenated alkanes) is 10. The number of nitrogens with one attached hydrogen (secondary N) is 8. The summed E-state index contributed by atoms with van der Waals surface area (Å²) in [6, 6.07) is 7.65. The minimum atomic E-state index is -5.06. The Balaban J connectivity index is 1.53. The first-order chi connectivity index (χ1) is 58.6. The number of phosphoric ester groups is 2. The molecular weight excluding hydrogens is 1650 g/mol. The van der Waals surface area contributed by atoms with Crippen molar-refractivity contribution in [2.75, 3.05) is 58.8 Å². The first-order valence-corrected chi connectivity index (χ1v) is 45.6. The number of nitrogens with two attached hydrogens (primary N) is 1. The van der Waals surface area contributed by atoms with Gasteiger partial charge in [0, 0.05) is 81.5 Å². The minimum Gasteiger partial charge on any atom is -0.461 e. The Hall–Kier alpha value is -9.80. The zero-order valence-electron chi connectivity index (χ0n) is 74.2. The number of alkyl carbamates (subject to hydrolysis) is 1. The van der Waals surface area contributed by atoms with Gasteiger partial charge in [0.15, 0.2) is 6.10 Å². The summed E-state index contributed by atoms with van der Waals surface area (Å²) < 4.78 is 63.1. The molecule has 0 spiro atoms. The lowest BCUT2D eigenvalue weighted by molar-refractivity contribution is -0.155. The van der Waals surface area contributed by atoms with Crippen molar-refractivity contribution < 1.29 is 114 Å². The van der Waals surface area contributed by atoms with Gasteiger partial charge in [-0.1, -0.05) is 160 Å². The number of cyclic esters (lactones) is 2. The summed E-state index contributed by atoms with van der Waals surface area (Å²) in [5.41, 5.74) is 15.9. The quantitative estimate of drug-likeness (QED) is 0.00429. The van der Waals surface area contributed by atoms with E-state index >= 15 is 0 Å². The van der Waals surface area contributed by atoms with Gasteiger partial charge in [0.2, 0.25) is 41.4 Å². The molecule has 38 nitrogen and oxygen atoms in total. The van der Waals surface area contributed by atoms with Crippen molar-refractivity contribution in [3.05, 3.63) is 99.5 Å². The topological polar surface area (TPSA) is 539 Å². The van der Waals surface area contributed by atoms with E-state index < -0.39 is 160 Å². The first-order valence-electron chi connectivity index (χ1n) is 42.6. The predicted octanol–water partition coefficient (Wildman–Crippen LogP) is 10.1. The average molecular weight is 1790 g/mol. The van der Waals surface area contributed by atoms with Gasteiger partial charge in [0.05, 0.1) is 19.8 Å². The highest BCUT2D eigenvalue weighted by Gasteiger charge is 2.40. The Morgan fingerprint density at radius 2 is 1.32 bits per heavy atom. The van der Waals surface area contributed by atoms with Crippen molar-refractivity contribution in [1.29, 1.82) is 0 Å². The Morgan fingerprint density at radius 1 is 0.726 bits per heavy atom. The summed E-state index contributed by atoms with van der Waals surface area (Å²) in [6.45, 7) is 19.4. The maximum atomic E-state index is 14.4. The van der Waals surface area contributed by atoms with Crippen molar-refractivity contribution in [1.82, 2.24) is 47.0 Å². The van der Waals surface area contributed by atoms with Crippen LogP contribution in [0.1, 0.15) is 223 Å². The highest BCUT2D eigenvalue weighted by molar-refractivity contribution is 7.61. The lowest BCUT2D eigenvalue weighted by Gasteiger charge is -2.33. The number of urea groups is 1. The van der Waals surface area contributed by atoms with Gasteiger partial charge >= 0.3 is 45.7 Å². The lowest BCUT2D eigenvalue weighted by Crippen LogP contribution is -2.57. The molecule has 0 bridgehead atoms. The Bertz CT molecular complexity index is 4000. The number of benzene rings is 2.